The van der Waals surface area contributed by atoms with Crippen molar-refractivity contribution in [1.82, 2.24) is 4.90 Å². The number of rotatable bonds is 1. The minimum atomic E-state index is -5.07. The molecule has 0 unspecified atom stereocenters. The Morgan fingerprint density at radius 3 is 2.38 bits per heavy atom. The molecule has 0 aromatic heterocycles. The van der Waals surface area contributed by atoms with Crippen LogP contribution in [0, 0.1) is 0 Å². The van der Waals surface area contributed by atoms with E-state index in [0.29, 0.717) is 4.90 Å². The van der Waals surface area contributed by atoms with Crippen LogP contribution in [0.15, 0.2) is 0 Å². The third-order valence-electron chi connectivity index (χ3n) is 2.21. The van der Waals surface area contributed by atoms with Crippen molar-refractivity contribution >= 4 is 11.9 Å². The van der Waals surface area contributed by atoms with Gasteiger partial charge in [0.25, 0.3) is 0 Å². The van der Waals surface area contributed by atoms with Gasteiger partial charge in [0.15, 0.2) is 6.04 Å². The number of aliphatic carboxylic acids is 1. The molecule has 0 aliphatic carbocycles. The molecule has 0 saturated carbocycles. The van der Waals surface area contributed by atoms with Gasteiger partial charge in [-0.05, 0) is 6.92 Å². The summed E-state index contributed by atoms with van der Waals surface area (Å²) in [5.41, 5.74) is 0. The third kappa shape index (κ3) is 2.43. The quantitative estimate of drug-likeness (QED) is 0.714. The first-order chi connectivity index (χ1) is 7.25. The molecule has 0 aromatic rings. The van der Waals surface area contributed by atoms with E-state index in [1.54, 1.807) is 0 Å². The van der Waals surface area contributed by atoms with E-state index in [-0.39, 0.29) is 6.61 Å². The van der Waals surface area contributed by atoms with Crippen molar-refractivity contribution in [1.29, 1.82) is 0 Å². The number of halogens is 3. The summed E-state index contributed by atoms with van der Waals surface area (Å²) in [5.74, 6) is -3.65. The molecule has 0 bridgehead atoms. The van der Waals surface area contributed by atoms with Gasteiger partial charge in [0.2, 0.25) is 0 Å². The van der Waals surface area contributed by atoms with Gasteiger partial charge in [-0.25, -0.2) is 4.79 Å². The maximum atomic E-state index is 12.2. The lowest BCUT2D eigenvalue weighted by molar-refractivity contribution is -0.199. The van der Waals surface area contributed by atoms with E-state index in [1.807, 2.05) is 0 Å². The summed E-state index contributed by atoms with van der Waals surface area (Å²) < 4.78 is 41.5. The minimum absolute atomic E-state index is 0.106. The largest absolute Gasteiger partial charge is 0.480 e. The highest BCUT2D eigenvalue weighted by atomic mass is 19.4. The van der Waals surface area contributed by atoms with Gasteiger partial charge < -0.3 is 14.7 Å². The van der Waals surface area contributed by atoms with Crippen LogP contribution in [0.1, 0.15) is 6.92 Å². The molecule has 16 heavy (non-hydrogen) atoms. The molecule has 1 heterocycles. The molecule has 1 N–H and O–H groups in total. The zero-order valence-corrected chi connectivity index (χ0v) is 8.32. The Morgan fingerprint density at radius 2 is 1.94 bits per heavy atom. The number of carboxylic acids is 1. The molecule has 0 radical (unpaired) electrons. The van der Waals surface area contributed by atoms with Gasteiger partial charge in [-0.15, -0.1) is 0 Å². The van der Waals surface area contributed by atoms with Crippen LogP contribution in [0.25, 0.3) is 0 Å². The molecule has 0 spiro atoms. The second-order valence-corrected chi connectivity index (χ2v) is 3.45. The highest BCUT2D eigenvalue weighted by Crippen LogP contribution is 2.24. The van der Waals surface area contributed by atoms with Crippen LogP contribution >= 0.6 is 0 Å². The Kier molecular flexibility index (Phi) is 3.41. The molecule has 0 aromatic carbocycles. The van der Waals surface area contributed by atoms with Crippen LogP contribution in [0.4, 0.5) is 13.2 Å². The number of carboxylic acid groups (broad SMARTS) is 1. The minimum Gasteiger partial charge on any atom is -0.480 e. The highest BCUT2D eigenvalue weighted by Gasteiger charge is 2.49. The summed E-state index contributed by atoms with van der Waals surface area (Å²) in [4.78, 5) is 22.0. The number of hydrogen-bond donors (Lipinski definition) is 1. The predicted molar refractivity (Wildman–Crippen MR) is 44.6 cm³/mol. The monoisotopic (exact) mass is 241 g/mol. The van der Waals surface area contributed by atoms with Gasteiger partial charge in [0, 0.05) is 0 Å². The highest BCUT2D eigenvalue weighted by molar-refractivity contribution is 5.87. The second kappa shape index (κ2) is 4.28. The average Bonchev–Trinajstić information content (AvgIpc) is 2.14. The Hall–Kier alpha value is -1.31. The van der Waals surface area contributed by atoms with Crippen molar-refractivity contribution in [3.63, 3.8) is 0 Å². The fourth-order valence-electron chi connectivity index (χ4n) is 1.50. The molecule has 1 amide bonds. The van der Waals surface area contributed by atoms with Crippen LogP contribution < -0.4 is 0 Å². The van der Waals surface area contributed by atoms with Crippen LogP contribution in [-0.4, -0.2) is 53.4 Å². The average molecular weight is 241 g/mol. The van der Waals surface area contributed by atoms with Gasteiger partial charge in [-0.3, -0.25) is 4.79 Å². The van der Waals surface area contributed by atoms with E-state index < -0.39 is 36.7 Å². The number of ether oxygens (including phenoxy) is 1. The van der Waals surface area contributed by atoms with E-state index in [4.69, 9.17) is 9.84 Å². The maximum Gasteiger partial charge on any atom is 0.471 e. The summed E-state index contributed by atoms with van der Waals surface area (Å²) in [6, 6.07) is -2.50. The first kappa shape index (κ1) is 12.8. The smallest absolute Gasteiger partial charge is 0.471 e. The van der Waals surface area contributed by atoms with Crippen LogP contribution in [0.5, 0.6) is 0 Å². The molecule has 1 rings (SSSR count). The maximum absolute atomic E-state index is 12.2. The molecule has 5 nitrogen and oxygen atoms in total. The summed E-state index contributed by atoms with van der Waals surface area (Å²) in [5, 5.41) is 8.70. The zero-order chi connectivity index (χ0) is 12.5. The predicted octanol–water partition coefficient (Wildman–Crippen LogP) is 0.249. The number of carbonyl (C=O) groups is 2. The number of alkyl halides is 3. The lowest BCUT2D eigenvalue weighted by Gasteiger charge is -2.38. The summed E-state index contributed by atoms with van der Waals surface area (Å²) in [7, 11) is 0. The molecule has 8 heteroatoms. The van der Waals surface area contributed by atoms with Crippen molar-refractivity contribution in [3.05, 3.63) is 0 Å². The van der Waals surface area contributed by atoms with Gasteiger partial charge in [0.1, 0.15) is 0 Å². The van der Waals surface area contributed by atoms with Crippen LogP contribution in [0.2, 0.25) is 0 Å². The standard InChI is InChI=1S/C8H10F3NO4/c1-4-2-16-3-5(6(13)14)12(4)7(15)8(9,10)11/h4-5H,2-3H2,1H3,(H,13,14)/t4-,5-/m1/s1. The van der Waals surface area contributed by atoms with Gasteiger partial charge in [-0.1, -0.05) is 0 Å². The zero-order valence-electron chi connectivity index (χ0n) is 8.32. The van der Waals surface area contributed by atoms with E-state index in [1.165, 1.54) is 6.92 Å². The second-order valence-electron chi connectivity index (χ2n) is 3.45. The van der Waals surface area contributed by atoms with E-state index in [0.717, 1.165) is 0 Å². The van der Waals surface area contributed by atoms with Crippen LogP contribution in [-0.2, 0) is 14.3 Å². The van der Waals surface area contributed by atoms with Crippen molar-refractivity contribution < 1.29 is 32.6 Å². The number of amides is 1. The van der Waals surface area contributed by atoms with Gasteiger partial charge in [-0.2, -0.15) is 13.2 Å². The van der Waals surface area contributed by atoms with E-state index in [9.17, 15) is 22.8 Å². The molecular formula is C8H10F3NO4. The number of hydrogen-bond acceptors (Lipinski definition) is 3. The summed E-state index contributed by atoms with van der Waals surface area (Å²) >= 11 is 0. The van der Waals surface area contributed by atoms with Crippen molar-refractivity contribution in [3.8, 4) is 0 Å². The molecule has 1 aliphatic rings. The summed E-state index contributed by atoms with van der Waals surface area (Å²) in [6.07, 6.45) is -5.07. The molecular weight excluding hydrogens is 231 g/mol. The van der Waals surface area contributed by atoms with E-state index in [2.05, 4.69) is 0 Å². The van der Waals surface area contributed by atoms with Gasteiger partial charge >= 0.3 is 18.1 Å². The normalized spacial score (nSPS) is 26.6. The number of morpholine rings is 1. The Bertz CT molecular complexity index is 304. The Morgan fingerprint density at radius 1 is 1.38 bits per heavy atom. The fourth-order valence-corrected chi connectivity index (χ4v) is 1.50. The molecule has 2 atom stereocenters. The van der Waals surface area contributed by atoms with E-state index >= 15 is 0 Å². The lowest BCUT2D eigenvalue weighted by Crippen LogP contribution is -2.60. The SMILES string of the molecule is C[C@@H]1COC[C@H](C(=O)O)N1C(=O)C(F)(F)F. The fraction of sp³-hybridized carbons (Fsp3) is 0.750. The Balaban J connectivity index is 2.95. The van der Waals surface area contributed by atoms with Crippen molar-refractivity contribution in [2.75, 3.05) is 13.2 Å². The topological polar surface area (TPSA) is 66.8 Å². The van der Waals surface area contributed by atoms with Gasteiger partial charge in [0.05, 0.1) is 19.3 Å². The molecule has 1 aliphatic heterocycles. The number of nitrogens with zero attached hydrogens (tertiary/aromatic N) is 1. The number of carbonyl (C=O) groups excluding carboxylic acids is 1. The molecule has 1 saturated heterocycles. The third-order valence-corrected chi connectivity index (χ3v) is 2.21. The first-order valence-electron chi connectivity index (χ1n) is 4.45. The first-order valence-corrected chi connectivity index (χ1v) is 4.45. The summed E-state index contributed by atoms with van der Waals surface area (Å²) in [6.45, 7) is 0.770. The van der Waals surface area contributed by atoms with Crippen molar-refractivity contribution in [2.45, 2.75) is 25.2 Å². The lowest BCUT2D eigenvalue weighted by atomic mass is 10.1. The van der Waals surface area contributed by atoms with Crippen molar-refractivity contribution in [2.24, 2.45) is 0 Å². The van der Waals surface area contributed by atoms with Crippen LogP contribution in [0.3, 0.4) is 0 Å². The Labute approximate surface area is 88.8 Å². The molecule has 92 valence electrons. The molecule has 1 fully saturated rings.